The molecule has 0 saturated heterocycles. The van der Waals surface area contributed by atoms with E-state index in [0.717, 1.165) is 5.56 Å². The second-order valence-corrected chi connectivity index (χ2v) is 3.25. The Morgan fingerprint density at radius 1 is 1.33 bits per heavy atom. The maximum absolute atomic E-state index is 11.2. The van der Waals surface area contributed by atoms with Gasteiger partial charge in [0.15, 0.2) is 0 Å². The summed E-state index contributed by atoms with van der Waals surface area (Å²) in [5.74, 6) is -0.398. The Morgan fingerprint density at radius 3 is 2.33 bits per heavy atom. The number of hydrogen-bond acceptors (Lipinski definition) is 3. The molecule has 1 rings (SSSR count). The fourth-order valence-corrected chi connectivity index (χ4v) is 1.30. The van der Waals surface area contributed by atoms with Crippen LogP contribution in [-0.4, -0.2) is 19.1 Å². The minimum absolute atomic E-state index is 0. The summed E-state index contributed by atoms with van der Waals surface area (Å²) >= 11 is 0. The lowest BCUT2D eigenvalue weighted by Crippen LogP contribution is -2.36. The monoisotopic (exact) mass is 229 g/mol. The zero-order valence-corrected chi connectivity index (χ0v) is 9.66. The molecule has 1 aromatic rings. The van der Waals surface area contributed by atoms with Gasteiger partial charge in [0, 0.05) is 5.92 Å². The highest BCUT2D eigenvalue weighted by atomic mass is 35.5. The van der Waals surface area contributed by atoms with Crippen molar-refractivity contribution >= 4 is 18.4 Å². The molecule has 2 N–H and O–H groups in total. The normalized spacial score (nSPS) is 13.5. The molecule has 84 valence electrons. The number of halogens is 1. The summed E-state index contributed by atoms with van der Waals surface area (Å²) in [6.45, 7) is 1.91. The lowest BCUT2D eigenvalue weighted by atomic mass is 9.94. The van der Waals surface area contributed by atoms with E-state index in [-0.39, 0.29) is 24.3 Å². The van der Waals surface area contributed by atoms with Crippen molar-refractivity contribution in [3.8, 4) is 0 Å². The highest BCUT2D eigenvalue weighted by Gasteiger charge is 2.22. The van der Waals surface area contributed by atoms with Crippen LogP contribution >= 0.6 is 12.4 Å². The van der Waals surface area contributed by atoms with Gasteiger partial charge in [-0.25, -0.2) is 0 Å². The van der Waals surface area contributed by atoms with Crippen molar-refractivity contribution in [2.75, 3.05) is 7.11 Å². The van der Waals surface area contributed by atoms with Gasteiger partial charge in [-0.05, 0) is 5.56 Å². The van der Waals surface area contributed by atoms with E-state index < -0.39 is 6.04 Å². The highest BCUT2D eigenvalue weighted by Crippen LogP contribution is 2.17. The third kappa shape index (κ3) is 3.53. The molecule has 0 amide bonds. The zero-order chi connectivity index (χ0) is 10.6. The van der Waals surface area contributed by atoms with E-state index in [1.165, 1.54) is 7.11 Å². The molecule has 2 atom stereocenters. The number of hydrogen-bond donors (Lipinski definition) is 1. The maximum Gasteiger partial charge on any atom is 0.323 e. The first kappa shape index (κ1) is 13.9. The Hall–Kier alpha value is -1.06. The molecule has 0 aliphatic carbocycles. The van der Waals surface area contributed by atoms with Crippen LogP contribution in [0.2, 0.25) is 0 Å². The van der Waals surface area contributed by atoms with E-state index in [9.17, 15) is 4.79 Å². The average molecular weight is 230 g/mol. The van der Waals surface area contributed by atoms with Crippen LogP contribution in [0.15, 0.2) is 30.3 Å². The fraction of sp³-hybridized carbons (Fsp3) is 0.364. The highest BCUT2D eigenvalue weighted by molar-refractivity contribution is 5.85. The van der Waals surface area contributed by atoms with Crippen LogP contribution < -0.4 is 5.73 Å². The first-order valence-corrected chi connectivity index (χ1v) is 4.55. The second kappa shape index (κ2) is 6.43. The number of nitrogens with two attached hydrogens (primary N) is 1. The van der Waals surface area contributed by atoms with Gasteiger partial charge in [-0.1, -0.05) is 37.3 Å². The summed E-state index contributed by atoms with van der Waals surface area (Å²) in [7, 11) is 1.35. The van der Waals surface area contributed by atoms with Gasteiger partial charge in [0.1, 0.15) is 6.04 Å². The average Bonchev–Trinajstić information content (AvgIpc) is 2.27. The number of rotatable bonds is 3. The van der Waals surface area contributed by atoms with Crippen LogP contribution in [0.1, 0.15) is 18.4 Å². The van der Waals surface area contributed by atoms with Crippen molar-refractivity contribution in [3.05, 3.63) is 35.9 Å². The van der Waals surface area contributed by atoms with Gasteiger partial charge in [0.25, 0.3) is 0 Å². The fourth-order valence-electron chi connectivity index (χ4n) is 1.30. The Bertz CT molecular complexity index is 303. The predicted octanol–water partition coefficient (Wildman–Crippen LogP) is 1.71. The molecule has 4 heteroatoms. The van der Waals surface area contributed by atoms with Crippen LogP contribution in [0.4, 0.5) is 0 Å². The van der Waals surface area contributed by atoms with Gasteiger partial charge in [-0.2, -0.15) is 0 Å². The van der Waals surface area contributed by atoms with E-state index >= 15 is 0 Å². The maximum atomic E-state index is 11.2. The Morgan fingerprint density at radius 2 is 1.87 bits per heavy atom. The van der Waals surface area contributed by atoms with Crippen LogP contribution in [0.5, 0.6) is 0 Å². The quantitative estimate of drug-likeness (QED) is 0.803. The molecule has 0 heterocycles. The predicted molar refractivity (Wildman–Crippen MR) is 62.1 cm³/mol. The standard InChI is InChI=1S/C11H15NO2.ClH/c1-8(10(12)11(13)14-2)9-6-4-3-5-7-9;/h3-8,10H,12H2,1-2H3;1H. The number of ether oxygens (including phenoxy) is 1. The van der Waals surface area contributed by atoms with Gasteiger partial charge in [-0.3, -0.25) is 4.79 Å². The van der Waals surface area contributed by atoms with Crippen LogP contribution in [0.25, 0.3) is 0 Å². The van der Waals surface area contributed by atoms with Crippen molar-refractivity contribution in [1.82, 2.24) is 0 Å². The number of carbonyl (C=O) groups excluding carboxylic acids is 1. The molecule has 0 aliphatic rings. The molecule has 15 heavy (non-hydrogen) atoms. The molecule has 0 fully saturated rings. The molecule has 0 saturated carbocycles. The summed E-state index contributed by atoms with van der Waals surface area (Å²) in [5, 5.41) is 0. The molecule has 0 aliphatic heterocycles. The van der Waals surface area contributed by atoms with Crippen molar-refractivity contribution in [1.29, 1.82) is 0 Å². The Labute approximate surface area is 96.0 Å². The lowest BCUT2D eigenvalue weighted by Gasteiger charge is -2.17. The minimum atomic E-state index is -0.595. The van der Waals surface area contributed by atoms with E-state index in [0.29, 0.717) is 0 Å². The number of carbonyl (C=O) groups is 1. The molecule has 0 spiro atoms. The topological polar surface area (TPSA) is 52.3 Å². The van der Waals surface area contributed by atoms with E-state index in [2.05, 4.69) is 4.74 Å². The number of esters is 1. The molecular weight excluding hydrogens is 214 g/mol. The van der Waals surface area contributed by atoms with Gasteiger partial charge in [-0.15, -0.1) is 12.4 Å². The lowest BCUT2D eigenvalue weighted by molar-refractivity contribution is -0.142. The number of benzene rings is 1. The summed E-state index contributed by atoms with van der Waals surface area (Å²) < 4.78 is 4.59. The third-order valence-electron chi connectivity index (χ3n) is 2.34. The molecule has 0 bridgehead atoms. The van der Waals surface area contributed by atoms with Gasteiger partial charge in [0.2, 0.25) is 0 Å². The van der Waals surface area contributed by atoms with Crippen molar-refractivity contribution < 1.29 is 9.53 Å². The largest absolute Gasteiger partial charge is 0.468 e. The second-order valence-electron chi connectivity index (χ2n) is 3.25. The summed E-state index contributed by atoms with van der Waals surface area (Å²) in [4.78, 5) is 11.2. The molecule has 0 aromatic heterocycles. The smallest absolute Gasteiger partial charge is 0.323 e. The van der Waals surface area contributed by atoms with Gasteiger partial charge >= 0.3 is 5.97 Å². The van der Waals surface area contributed by atoms with Gasteiger partial charge < -0.3 is 10.5 Å². The Kier molecular flexibility index (Phi) is 5.97. The molecular formula is C11H16ClNO2. The van der Waals surface area contributed by atoms with Crippen LogP contribution in [0, 0.1) is 0 Å². The van der Waals surface area contributed by atoms with Crippen LogP contribution in [0.3, 0.4) is 0 Å². The minimum Gasteiger partial charge on any atom is -0.468 e. The van der Waals surface area contributed by atoms with Crippen LogP contribution in [-0.2, 0) is 9.53 Å². The summed E-state index contributed by atoms with van der Waals surface area (Å²) in [5.41, 5.74) is 6.78. The first-order chi connectivity index (χ1) is 6.66. The molecule has 3 nitrogen and oxygen atoms in total. The van der Waals surface area contributed by atoms with E-state index in [1.54, 1.807) is 0 Å². The van der Waals surface area contributed by atoms with Crippen molar-refractivity contribution in [2.45, 2.75) is 18.9 Å². The van der Waals surface area contributed by atoms with Crippen molar-refractivity contribution in [3.63, 3.8) is 0 Å². The Balaban J connectivity index is 0.00000196. The first-order valence-electron chi connectivity index (χ1n) is 4.55. The van der Waals surface area contributed by atoms with Crippen molar-refractivity contribution in [2.24, 2.45) is 5.73 Å². The zero-order valence-electron chi connectivity index (χ0n) is 8.84. The van der Waals surface area contributed by atoms with E-state index in [1.807, 2.05) is 37.3 Å². The summed E-state index contributed by atoms with van der Waals surface area (Å²) in [6, 6.07) is 9.09. The SMILES string of the molecule is COC(=O)C(N)C(C)c1ccccc1.Cl. The molecule has 2 unspecified atom stereocenters. The third-order valence-corrected chi connectivity index (χ3v) is 2.34. The van der Waals surface area contributed by atoms with Gasteiger partial charge in [0.05, 0.1) is 7.11 Å². The molecule has 1 aromatic carbocycles. The number of methoxy groups -OCH3 is 1. The van der Waals surface area contributed by atoms with E-state index in [4.69, 9.17) is 5.73 Å². The summed E-state index contributed by atoms with van der Waals surface area (Å²) in [6.07, 6.45) is 0. The molecule has 0 radical (unpaired) electrons.